The summed E-state index contributed by atoms with van der Waals surface area (Å²) in [5.74, 6) is -5.83. The molecule has 5 aromatic rings. The number of morpholine rings is 1. The van der Waals surface area contributed by atoms with Crippen LogP contribution in [0.15, 0.2) is 135 Å². The Balaban J connectivity index is 0.000000245. The molecule has 0 spiro atoms. The minimum atomic E-state index is -7.88. The van der Waals surface area contributed by atoms with Crippen LogP contribution in [0.5, 0.6) is 0 Å². The Kier molecular flexibility index (Phi) is 38.2. The molecule has 1 aromatic heterocycles. The number of guanidine groups is 1. The molecule has 2 aliphatic heterocycles. The summed E-state index contributed by atoms with van der Waals surface area (Å²) in [7, 11) is -18.9. The van der Waals surface area contributed by atoms with Gasteiger partial charge in [0, 0.05) is 78.7 Å². The molecule has 24 nitrogen and oxygen atoms in total. The summed E-state index contributed by atoms with van der Waals surface area (Å²) in [6, 6.07) is 40.6. The lowest BCUT2D eigenvalue weighted by molar-refractivity contribution is -0.244. The molecule has 0 amide bonds. The second-order valence-corrected chi connectivity index (χ2v) is 33.3. The van der Waals surface area contributed by atoms with E-state index in [2.05, 4.69) is 116 Å². The van der Waals surface area contributed by atoms with Gasteiger partial charge in [0.1, 0.15) is 5.60 Å². The third kappa shape index (κ3) is 27.6. The molecule has 4 aliphatic rings. The quantitative estimate of drug-likeness (QED) is 0.0100. The van der Waals surface area contributed by atoms with Gasteiger partial charge in [-0.05, 0) is 108 Å². The number of nitrogens with zero attached hydrogens (tertiary/aromatic N) is 9. The van der Waals surface area contributed by atoms with Crippen molar-refractivity contribution in [2.24, 2.45) is 4.99 Å². The maximum absolute atomic E-state index is 14.0. The van der Waals surface area contributed by atoms with E-state index >= 15 is 0 Å². The van der Waals surface area contributed by atoms with Gasteiger partial charge in [0.05, 0.1) is 80.8 Å². The van der Waals surface area contributed by atoms with Gasteiger partial charge in [0.25, 0.3) is 16.6 Å². The summed E-state index contributed by atoms with van der Waals surface area (Å²) in [6.07, 6.45) is 14.6. The number of aromatic nitrogens is 2. The number of hydrogen-bond acceptors (Lipinski definition) is 18. The van der Waals surface area contributed by atoms with Gasteiger partial charge in [0.2, 0.25) is 0 Å². The van der Waals surface area contributed by atoms with Crippen LogP contribution in [0.25, 0.3) is 20.0 Å². The van der Waals surface area contributed by atoms with E-state index in [4.69, 9.17) is 45.5 Å². The lowest BCUT2D eigenvalue weighted by Crippen LogP contribution is -2.64. The molecule has 4 aromatic carbocycles. The Hall–Kier alpha value is -6.25. The average molecular weight is 1620 g/mol. The van der Waals surface area contributed by atoms with Gasteiger partial charge in [-0.25, -0.2) is 51.2 Å². The number of methoxy groups -OCH3 is 1. The van der Waals surface area contributed by atoms with E-state index in [0.717, 1.165) is 59.0 Å². The number of likely N-dealkylation sites (N-methyl/N-ethyl adjacent to an activating group) is 1. The summed E-state index contributed by atoms with van der Waals surface area (Å²) < 4.78 is 215. The predicted octanol–water partition coefficient (Wildman–Crippen LogP) is 11.6. The number of sulfonamides is 3. The summed E-state index contributed by atoms with van der Waals surface area (Å²) in [4.78, 5) is 35.2. The fourth-order valence-electron chi connectivity index (χ4n) is 11.1. The Morgan fingerprint density at radius 2 is 1.17 bits per heavy atom. The highest BCUT2D eigenvalue weighted by atomic mass is 32.3. The zero-order valence-corrected chi connectivity index (χ0v) is 64.7. The number of aliphatic hydroxyl groups is 2. The van der Waals surface area contributed by atoms with Crippen LogP contribution in [0.3, 0.4) is 0 Å². The largest absolute Gasteiger partial charge is 0.480 e. The topological polar surface area (TPSA) is 280 Å². The van der Waals surface area contributed by atoms with Crippen molar-refractivity contribution in [3.05, 3.63) is 137 Å². The molecular formula is C71H101F9N10O14S4. The third-order valence-corrected chi connectivity index (χ3v) is 24.6. The van der Waals surface area contributed by atoms with E-state index in [1.165, 1.54) is 101 Å². The molecule has 0 unspecified atom stereocenters. The lowest BCUT2D eigenvalue weighted by Gasteiger charge is -2.39. The van der Waals surface area contributed by atoms with Crippen molar-refractivity contribution < 1.29 is 103 Å². The number of alkyl halides is 9. The summed E-state index contributed by atoms with van der Waals surface area (Å²) in [6.45, 7) is 19.4. The standard InChI is InChI=1S/C18H15S.C17H31N3O.C15H17N3O2.C12H27NO5.C9H11F9N3O6S3/c1-4-10-16(11-5-1)19(17-12-6-2-7-13-17)18-14-8-3-9-15-18;1-3-7-15(8-4-1)18-17(20-11-13-21-14-12-20)19-16-9-5-2-6-10-16;1-5-15(2,3)20-14(19)18-12-9-7-6-8-11(12)17-13(18)10-16-4;1-16-8-2-3-13(4-9-17-11-6-14)5-10-18-12-7-15;1-20-2-4-21(5-3-20)30(26,27)8(14,15)6(10,11)7(12,13)28(22,23)19-29(24,25)9(16,17)18/h1-15H;15-16H,1-14H2,(H,18,19);6-9H,5,10H2,1-3H3;14-15H,2-12H2,1H3;2-5H2,1H3/q+1;;;;-1. The first-order valence-electron chi connectivity index (χ1n) is 35.4. The maximum atomic E-state index is 14.0. The van der Waals surface area contributed by atoms with Crippen molar-refractivity contribution in [3.63, 3.8) is 0 Å². The second-order valence-electron chi connectivity index (χ2n) is 25.9. The maximum Gasteiger partial charge on any atom is 0.480 e. The van der Waals surface area contributed by atoms with Crippen LogP contribution in [-0.2, 0) is 71.2 Å². The Labute approximate surface area is 631 Å². The number of ether oxygens (including phenoxy) is 5. The van der Waals surface area contributed by atoms with E-state index in [-0.39, 0.29) is 48.0 Å². The highest BCUT2D eigenvalue weighted by molar-refractivity contribution is 8.13. The minimum absolute atomic E-state index is 0.0146. The normalized spacial score (nSPS) is 16.6. The fraction of sp³-hybridized carbons (Fsp3) is 0.606. The first-order valence-corrected chi connectivity index (χ1v) is 41.0. The number of para-hydroxylation sites is 2. The van der Waals surface area contributed by atoms with Crippen molar-refractivity contribution >= 4 is 64.1 Å². The molecule has 3 heterocycles. The molecule has 606 valence electrons. The number of aliphatic hydroxyl groups excluding tert-OH is 2. The molecule has 37 heteroatoms. The van der Waals surface area contributed by atoms with E-state index in [0.29, 0.717) is 65.9 Å². The molecule has 0 bridgehead atoms. The van der Waals surface area contributed by atoms with Crippen LogP contribution >= 0.6 is 0 Å². The zero-order chi connectivity index (χ0) is 79.7. The second kappa shape index (κ2) is 44.7. The summed E-state index contributed by atoms with van der Waals surface area (Å²) in [5, 5.41) is 6.75. The van der Waals surface area contributed by atoms with Gasteiger partial charge in [-0.15, -0.1) is 0 Å². The SMILES string of the molecule is C1CCC(N=C(NC2CCCCC2)N2CCOCC2)CC1.CN1CCN(S(=O)(=O)C(F)(F)C(F)(F)C(F)(F)S(=O)(=O)[N-]S(=O)(=O)C(F)(F)F)CC1.COCCCN(CCOCCO)CCOCCO.[C-]#[N+]Cc1nc2ccccc2n1C(=O)OC(C)(C)CC.c1ccc([S+](c2ccccc2)c2ccccc2)cc1. The van der Waals surface area contributed by atoms with Gasteiger partial charge in [-0.1, -0.05) is 112 Å². The van der Waals surface area contributed by atoms with Crippen LogP contribution in [0.1, 0.15) is 104 Å². The number of imidazole rings is 1. The molecule has 2 saturated heterocycles. The lowest BCUT2D eigenvalue weighted by atomic mass is 9.95. The molecule has 4 fully saturated rings. The number of rotatable bonds is 29. The average Bonchev–Trinajstić information content (AvgIpc) is 0.768. The number of nitrogens with one attached hydrogen (secondary N) is 1. The number of aliphatic imine (C=N–C) groups is 1. The van der Waals surface area contributed by atoms with Crippen LogP contribution in [-0.4, -0.2) is 248 Å². The molecule has 108 heavy (non-hydrogen) atoms. The number of carbonyl (C=O) groups is 1. The minimum Gasteiger partial charge on any atom is -0.443 e. The number of hydrogen-bond donors (Lipinski definition) is 3. The number of fused-ring (bicyclic) bond motifs is 1. The van der Waals surface area contributed by atoms with Crippen LogP contribution in [0.4, 0.5) is 44.3 Å². The Morgan fingerprint density at radius 1 is 0.676 bits per heavy atom. The molecule has 9 rings (SSSR count). The highest BCUT2D eigenvalue weighted by Gasteiger charge is 2.81. The van der Waals surface area contributed by atoms with E-state index < -0.39 is 76.8 Å². The zero-order valence-electron chi connectivity index (χ0n) is 61.4. The summed E-state index contributed by atoms with van der Waals surface area (Å²) in [5.41, 5.74) is -5.85. The van der Waals surface area contributed by atoms with Crippen LogP contribution in [0, 0.1) is 6.57 Å². The first-order chi connectivity index (χ1) is 51.1. The molecule has 2 aliphatic carbocycles. The van der Waals surface area contributed by atoms with Crippen molar-refractivity contribution in [2.45, 2.75) is 159 Å². The van der Waals surface area contributed by atoms with Crippen LogP contribution < -0.4 is 5.32 Å². The van der Waals surface area contributed by atoms with Gasteiger partial charge in [-0.2, -0.15) is 43.8 Å². The molecule has 2 saturated carbocycles. The Bertz CT molecular complexity index is 3770. The number of piperazine rings is 1. The van der Waals surface area contributed by atoms with E-state index in [9.17, 15) is 69.6 Å². The molecule has 0 radical (unpaired) electrons. The monoisotopic (exact) mass is 1620 g/mol. The predicted molar refractivity (Wildman–Crippen MR) is 393 cm³/mol. The number of halogens is 9. The highest BCUT2D eigenvalue weighted by Crippen LogP contribution is 2.53. The van der Waals surface area contributed by atoms with Crippen molar-refractivity contribution in [3.8, 4) is 0 Å². The fourth-order valence-corrected chi connectivity index (χ4v) is 16.9. The third-order valence-electron chi connectivity index (χ3n) is 17.4. The number of carbonyl (C=O) groups excluding carboxylic acids is 1. The van der Waals surface area contributed by atoms with E-state index in [1.807, 2.05) is 39.0 Å². The van der Waals surface area contributed by atoms with Crippen molar-refractivity contribution in [1.82, 2.24) is 33.9 Å². The smallest absolute Gasteiger partial charge is 0.443 e. The van der Waals surface area contributed by atoms with Gasteiger partial charge >= 0.3 is 28.0 Å². The Morgan fingerprint density at radius 3 is 1.64 bits per heavy atom. The van der Waals surface area contributed by atoms with Crippen molar-refractivity contribution in [1.29, 1.82) is 0 Å². The molecule has 3 N–H and O–H groups in total. The number of benzene rings is 4. The van der Waals surface area contributed by atoms with Gasteiger partial charge in [0.15, 0.2) is 46.5 Å². The van der Waals surface area contributed by atoms with Gasteiger partial charge in [-0.3, -0.25) is 4.90 Å². The van der Waals surface area contributed by atoms with Crippen LogP contribution in [0.2, 0.25) is 0 Å². The van der Waals surface area contributed by atoms with E-state index in [1.54, 1.807) is 13.2 Å². The molecular weight excluding hydrogens is 1520 g/mol. The molecule has 0 atom stereocenters. The summed E-state index contributed by atoms with van der Waals surface area (Å²) >= 11 is 0. The van der Waals surface area contributed by atoms with Gasteiger partial charge < -0.3 is 58.0 Å². The first kappa shape index (κ1) is 92.4. The van der Waals surface area contributed by atoms with Crippen molar-refractivity contribution in [2.75, 3.05) is 133 Å².